The number of benzene rings is 2. The van der Waals surface area contributed by atoms with Crippen LogP contribution in [0, 0.1) is 19.7 Å². The molecule has 1 nitrogen and oxygen atoms in total. The second kappa shape index (κ2) is 7.45. The predicted molar refractivity (Wildman–Crippen MR) is 98.8 cm³/mol. The maximum atomic E-state index is 14.4. The molecule has 2 aromatic rings. The van der Waals surface area contributed by atoms with Crippen molar-refractivity contribution in [2.45, 2.75) is 52.1 Å². The third-order valence-corrected chi connectivity index (χ3v) is 6.47. The molecular weight excluding hydrogens is 306 g/mol. The van der Waals surface area contributed by atoms with Crippen molar-refractivity contribution in [3.63, 3.8) is 0 Å². The number of rotatable bonds is 6. The summed E-state index contributed by atoms with van der Waals surface area (Å²) in [6.45, 7) is 8.22. The van der Waals surface area contributed by atoms with E-state index < -0.39 is 0 Å². The van der Waals surface area contributed by atoms with Crippen LogP contribution in [0.4, 0.5) is 4.39 Å². The molecule has 2 rings (SSSR count). The summed E-state index contributed by atoms with van der Waals surface area (Å²) in [4.78, 5) is 0. The Labute approximate surface area is 140 Å². The van der Waals surface area contributed by atoms with Crippen LogP contribution >= 0.6 is 8.58 Å². The zero-order valence-electron chi connectivity index (χ0n) is 14.4. The van der Waals surface area contributed by atoms with Gasteiger partial charge in [-0.3, -0.25) is 0 Å². The van der Waals surface area contributed by atoms with Crippen LogP contribution in [0.15, 0.2) is 36.4 Å². The first-order valence-corrected chi connectivity index (χ1v) is 9.26. The Morgan fingerprint density at radius 1 is 1.04 bits per heavy atom. The highest BCUT2D eigenvalue weighted by Gasteiger charge is 2.33. The minimum atomic E-state index is -0.207. The number of aromatic hydroxyl groups is 1. The van der Waals surface area contributed by atoms with E-state index in [1.807, 2.05) is 32.0 Å². The van der Waals surface area contributed by atoms with Crippen molar-refractivity contribution in [1.82, 2.24) is 0 Å². The fourth-order valence-electron chi connectivity index (χ4n) is 3.16. The Hall–Kier alpha value is -1.40. The first-order chi connectivity index (χ1) is 10.9. The predicted octanol–water partition coefficient (Wildman–Crippen LogP) is 5.56. The Kier molecular flexibility index (Phi) is 5.81. The van der Waals surface area contributed by atoms with Gasteiger partial charge in [-0.25, -0.2) is 4.39 Å². The van der Waals surface area contributed by atoms with Crippen molar-refractivity contribution >= 4 is 13.9 Å². The van der Waals surface area contributed by atoms with Gasteiger partial charge >= 0.3 is 0 Å². The average molecular weight is 332 g/mol. The normalized spacial score (nSPS) is 14.3. The topological polar surface area (TPSA) is 20.2 Å². The van der Waals surface area contributed by atoms with Crippen molar-refractivity contribution in [1.29, 1.82) is 0 Å². The summed E-state index contributed by atoms with van der Waals surface area (Å²) in [5, 5.41) is 11.0. The summed E-state index contributed by atoms with van der Waals surface area (Å²) in [6, 6.07) is 11.2. The van der Waals surface area contributed by atoms with Crippen LogP contribution in [0.2, 0.25) is 0 Å². The molecule has 0 radical (unpaired) electrons. The smallest absolute Gasteiger partial charge is 0.130 e. The minimum absolute atomic E-state index is 0.135. The molecule has 0 aliphatic rings. The molecular formula is C20H26FOP. The zero-order valence-corrected chi connectivity index (χ0v) is 15.4. The number of aryl methyl sites for hydroxylation is 2. The molecule has 124 valence electrons. The van der Waals surface area contributed by atoms with Crippen LogP contribution in [0.3, 0.4) is 0 Å². The number of phenols is 1. The summed E-state index contributed by atoms with van der Waals surface area (Å²) in [5.74, 6) is 0.190. The molecule has 1 N–H and O–H groups in total. The van der Waals surface area contributed by atoms with Gasteiger partial charge in [0.15, 0.2) is 0 Å². The summed E-state index contributed by atoms with van der Waals surface area (Å²) < 4.78 is 14.4. The molecule has 0 aliphatic carbocycles. The molecule has 0 bridgehead atoms. The van der Waals surface area contributed by atoms with Gasteiger partial charge < -0.3 is 5.11 Å². The van der Waals surface area contributed by atoms with E-state index in [1.54, 1.807) is 12.1 Å². The van der Waals surface area contributed by atoms with Crippen LogP contribution in [0.25, 0.3) is 0 Å². The highest BCUT2D eigenvalue weighted by atomic mass is 31.1. The second-order valence-corrected chi connectivity index (χ2v) is 8.06. The average Bonchev–Trinajstić information content (AvgIpc) is 2.52. The summed E-state index contributed by atoms with van der Waals surface area (Å²) in [6.07, 6.45) is 2.82. The summed E-state index contributed by atoms with van der Waals surface area (Å²) >= 11 is 0. The first kappa shape index (κ1) is 17.9. The molecule has 0 saturated heterocycles. The van der Waals surface area contributed by atoms with E-state index in [0.29, 0.717) is 14.3 Å². The molecule has 2 atom stereocenters. The number of halogens is 1. The van der Waals surface area contributed by atoms with Crippen LogP contribution in [0.1, 0.15) is 49.8 Å². The first-order valence-electron chi connectivity index (χ1n) is 8.26. The maximum Gasteiger partial charge on any atom is 0.130 e. The van der Waals surface area contributed by atoms with Crippen molar-refractivity contribution in [3.05, 3.63) is 58.9 Å². The van der Waals surface area contributed by atoms with E-state index >= 15 is 0 Å². The van der Waals surface area contributed by atoms with Crippen molar-refractivity contribution in [2.24, 2.45) is 0 Å². The SMILES string of the molecule is CCCC(CC)(Pc1ccc(C)cc1F)c1cc(C)ccc1O. The summed E-state index contributed by atoms with van der Waals surface area (Å²) in [5.41, 5.74) is 3.02. The van der Waals surface area contributed by atoms with Crippen LogP contribution in [-0.2, 0) is 5.16 Å². The van der Waals surface area contributed by atoms with Gasteiger partial charge in [-0.1, -0.05) is 58.7 Å². The minimum Gasteiger partial charge on any atom is -0.508 e. The monoisotopic (exact) mass is 332 g/mol. The lowest BCUT2D eigenvalue weighted by atomic mass is 9.89. The molecule has 2 aromatic carbocycles. The van der Waals surface area contributed by atoms with Gasteiger partial charge in [-0.15, -0.1) is 0 Å². The molecule has 0 aromatic heterocycles. The van der Waals surface area contributed by atoms with Gasteiger partial charge in [0.05, 0.1) is 0 Å². The summed E-state index contributed by atoms with van der Waals surface area (Å²) in [7, 11) is 0.303. The quantitative estimate of drug-likeness (QED) is 0.687. The van der Waals surface area contributed by atoms with Gasteiger partial charge in [0.25, 0.3) is 0 Å². The van der Waals surface area contributed by atoms with E-state index in [-0.39, 0.29) is 11.0 Å². The lowest BCUT2D eigenvalue weighted by Gasteiger charge is -2.34. The molecule has 3 heteroatoms. The molecule has 0 fully saturated rings. The Morgan fingerprint density at radius 2 is 1.70 bits per heavy atom. The van der Waals surface area contributed by atoms with Crippen LogP contribution in [0.5, 0.6) is 5.75 Å². The fraction of sp³-hybridized carbons (Fsp3) is 0.400. The Bertz CT molecular complexity index is 683. The maximum absolute atomic E-state index is 14.4. The third-order valence-electron chi connectivity index (χ3n) is 4.45. The Morgan fingerprint density at radius 3 is 2.30 bits per heavy atom. The lowest BCUT2D eigenvalue weighted by Crippen LogP contribution is -2.24. The molecule has 0 aliphatic heterocycles. The van der Waals surface area contributed by atoms with E-state index in [2.05, 4.69) is 19.9 Å². The standard InChI is InChI=1S/C20H26FOP/c1-5-11-20(6-2,16-12-14(3)7-9-18(16)22)23-19-10-8-15(4)13-17(19)21/h7-10,12-13,22-23H,5-6,11H2,1-4H3. The Balaban J connectivity index is 2.52. The molecule has 0 heterocycles. The van der Waals surface area contributed by atoms with Crippen molar-refractivity contribution in [2.75, 3.05) is 0 Å². The number of phenolic OH excluding ortho intramolecular Hbond substituents is 1. The number of hydrogen-bond acceptors (Lipinski definition) is 1. The molecule has 2 unspecified atom stereocenters. The van der Waals surface area contributed by atoms with Gasteiger partial charge in [0.2, 0.25) is 0 Å². The highest BCUT2D eigenvalue weighted by molar-refractivity contribution is 7.48. The van der Waals surface area contributed by atoms with Crippen LogP contribution < -0.4 is 5.30 Å². The lowest BCUT2D eigenvalue weighted by molar-refractivity contribution is 0.442. The second-order valence-electron chi connectivity index (χ2n) is 6.31. The van der Waals surface area contributed by atoms with Gasteiger partial charge in [0.1, 0.15) is 11.6 Å². The molecule has 0 amide bonds. The van der Waals surface area contributed by atoms with E-state index in [4.69, 9.17) is 0 Å². The van der Waals surface area contributed by atoms with Crippen molar-refractivity contribution < 1.29 is 9.50 Å². The molecule has 0 spiro atoms. The highest BCUT2D eigenvalue weighted by Crippen LogP contribution is 2.50. The van der Waals surface area contributed by atoms with E-state index in [1.165, 1.54) is 0 Å². The van der Waals surface area contributed by atoms with Crippen molar-refractivity contribution in [3.8, 4) is 5.75 Å². The van der Waals surface area contributed by atoms with Gasteiger partial charge in [0, 0.05) is 16.0 Å². The van der Waals surface area contributed by atoms with Crippen LogP contribution in [-0.4, -0.2) is 5.11 Å². The third kappa shape index (κ3) is 3.93. The fourth-order valence-corrected chi connectivity index (χ4v) is 4.92. The van der Waals surface area contributed by atoms with Gasteiger partial charge in [-0.05, 0) is 44.4 Å². The largest absolute Gasteiger partial charge is 0.508 e. The molecule has 0 saturated carbocycles. The molecule has 23 heavy (non-hydrogen) atoms. The number of hydrogen-bond donors (Lipinski definition) is 1. The zero-order chi connectivity index (χ0) is 17.0. The van der Waals surface area contributed by atoms with E-state index in [9.17, 15) is 9.50 Å². The van der Waals surface area contributed by atoms with Gasteiger partial charge in [-0.2, -0.15) is 0 Å². The van der Waals surface area contributed by atoms with E-state index in [0.717, 1.165) is 41.3 Å².